The molecule has 0 aromatic carbocycles. The molecule has 0 bridgehead atoms. The van der Waals surface area contributed by atoms with Crippen molar-refractivity contribution in [1.29, 1.82) is 0 Å². The minimum atomic E-state index is -0.956. The van der Waals surface area contributed by atoms with Crippen molar-refractivity contribution >= 4 is 11.6 Å². The average molecular weight is 572 g/mol. The van der Waals surface area contributed by atoms with Gasteiger partial charge in [-0.2, -0.15) is 0 Å². The average Bonchev–Trinajstić information content (AvgIpc) is 3.49. The standard InChI is InChI=1S/C28H54ClN7O3/c1-34(13-14-35(15-20-5-3-2-4-6-20)12-11-19-7-9-21(29)10-8-19)16-22-24(37)25(38)28(39-22)36-18-33-23-26(30)31-17-32-27(23)36/h19-28,31-33,37-38H,2-18,30H2,1H3/t19?,21?,22-,23?,24-,25-,26?,27?,28-/m1/s1. The van der Waals surface area contributed by atoms with Crippen LogP contribution in [0.15, 0.2) is 0 Å². The first-order valence-corrected chi connectivity index (χ1v) is 16.1. The van der Waals surface area contributed by atoms with E-state index >= 15 is 0 Å². The van der Waals surface area contributed by atoms with Crippen LogP contribution >= 0.6 is 11.6 Å². The molecule has 11 heteroatoms. The van der Waals surface area contributed by atoms with Crippen LogP contribution in [0.5, 0.6) is 0 Å². The molecule has 226 valence electrons. The van der Waals surface area contributed by atoms with Gasteiger partial charge < -0.3 is 30.5 Å². The number of halogens is 1. The van der Waals surface area contributed by atoms with Crippen LogP contribution in [0.3, 0.4) is 0 Å². The van der Waals surface area contributed by atoms with E-state index in [1.807, 2.05) is 0 Å². The van der Waals surface area contributed by atoms with Crippen molar-refractivity contribution in [3.05, 3.63) is 0 Å². The van der Waals surface area contributed by atoms with Gasteiger partial charge in [0.05, 0.1) is 25.0 Å². The number of likely N-dealkylation sites (N-methyl/N-ethyl adjacent to an activating group) is 1. The van der Waals surface area contributed by atoms with E-state index in [9.17, 15) is 10.2 Å². The van der Waals surface area contributed by atoms with E-state index in [2.05, 4.69) is 37.7 Å². The number of nitrogens with two attached hydrogens (primary N) is 1. The van der Waals surface area contributed by atoms with Crippen molar-refractivity contribution in [3.63, 3.8) is 0 Å². The molecular formula is C28H54ClN7O3. The summed E-state index contributed by atoms with van der Waals surface area (Å²) in [6.07, 6.45) is 9.98. The maximum absolute atomic E-state index is 10.9. The highest BCUT2D eigenvalue weighted by Crippen LogP contribution is 2.31. The largest absolute Gasteiger partial charge is 0.387 e. The number of fused-ring (bicyclic) bond motifs is 1. The minimum Gasteiger partial charge on any atom is -0.387 e. The molecule has 7 N–H and O–H groups in total. The van der Waals surface area contributed by atoms with Crippen LogP contribution in [0.1, 0.15) is 64.2 Å². The molecule has 5 aliphatic rings. The Morgan fingerprint density at radius 1 is 0.897 bits per heavy atom. The number of alkyl halides is 1. The predicted octanol–water partition coefficient (Wildman–Crippen LogP) is 0.427. The second-order valence-electron chi connectivity index (χ2n) is 13.0. The first kappa shape index (κ1) is 30.4. The molecule has 3 heterocycles. The van der Waals surface area contributed by atoms with Gasteiger partial charge in [0.25, 0.3) is 0 Å². The third-order valence-electron chi connectivity index (χ3n) is 10.1. The minimum absolute atomic E-state index is 0.0218. The Kier molecular flexibility index (Phi) is 11.2. The summed E-state index contributed by atoms with van der Waals surface area (Å²) in [5.74, 6) is 1.64. The van der Waals surface area contributed by atoms with Crippen molar-refractivity contribution in [1.82, 2.24) is 30.7 Å². The van der Waals surface area contributed by atoms with Crippen LogP contribution in [0.2, 0.25) is 0 Å². The third kappa shape index (κ3) is 7.84. The number of hydrogen-bond donors (Lipinski definition) is 6. The van der Waals surface area contributed by atoms with Crippen LogP contribution in [-0.4, -0.2) is 126 Å². The summed E-state index contributed by atoms with van der Waals surface area (Å²) < 4.78 is 6.31. The van der Waals surface area contributed by atoms with Crippen LogP contribution in [0, 0.1) is 11.8 Å². The SMILES string of the molecule is CN(CCN(CCC1CCC(Cl)CC1)CC1CCCCC1)C[C@H]1O[C@@H](N2CNC3C(N)NCNC32)[C@H](O)[C@@H]1O. The lowest BCUT2D eigenvalue weighted by molar-refractivity contribution is -0.106. The molecule has 2 aliphatic carbocycles. The van der Waals surface area contributed by atoms with E-state index in [0.29, 0.717) is 25.3 Å². The molecule has 7 atom stereocenters. The first-order chi connectivity index (χ1) is 18.9. The smallest absolute Gasteiger partial charge is 0.142 e. The van der Waals surface area contributed by atoms with E-state index in [1.54, 1.807) is 0 Å². The van der Waals surface area contributed by atoms with Crippen LogP contribution in [-0.2, 0) is 4.74 Å². The van der Waals surface area contributed by atoms with Gasteiger partial charge in [-0.25, -0.2) is 4.90 Å². The number of aliphatic hydroxyl groups excluding tert-OH is 2. The van der Waals surface area contributed by atoms with Gasteiger partial charge in [0.15, 0.2) is 0 Å². The molecular weight excluding hydrogens is 518 g/mol. The van der Waals surface area contributed by atoms with Crippen LogP contribution in [0.25, 0.3) is 0 Å². The molecule has 2 saturated carbocycles. The van der Waals surface area contributed by atoms with Crippen molar-refractivity contribution in [2.75, 3.05) is 53.1 Å². The van der Waals surface area contributed by atoms with Gasteiger partial charge in [0.2, 0.25) is 0 Å². The van der Waals surface area contributed by atoms with E-state index in [1.165, 1.54) is 77.3 Å². The Hall–Kier alpha value is -0.110. The maximum Gasteiger partial charge on any atom is 0.142 e. The number of nitrogens with zero attached hydrogens (tertiary/aromatic N) is 3. The third-order valence-corrected chi connectivity index (χ3v) is 10.5. The highest BCUT2D eigenvalue weighted by molar-refractivity contribution is 6.20. The second-order valence-corrected chi connectivity index (χ2v) is 13.6. The van der Waals surface area contributed by atoms with Crippen molar-refractivity contribution in [2.24, 2.45) is 17.6 Å². The number of nitrogens with one attached hydrogen (secondary N) is 3. The topological polar surface area (TPSA) is 122 Å². The predicted molar refractivity (Wildman–Crippen MR) is 154 cm³/mol. The summed E-state index contributed by atoms with van der Waals surface area (Å²) in [4.78, 5) is 7.02. The monoisotopic (exact) mass is 571 g/mol. The lowest BCUT2D eigenvalue weighted by Crippen LogP contribution is -2.68. The summed E-state index contributed by atoms with van der Waals surface area (Å²) in [5, 5.41) is 32.2. The van der Waals surface area contributed by atoms with E-state index in [4.69, 9.17) is 22.1 Å². The molecule has 3 saturated heterocycles. The molecule has 0 amide bonds. The molecule has 0 radical (unpaired) electrons. The zero-order valence-electron chi connectivity index (χ0n) is 23.9. The molecule has 10 nitrogen and oxygen atoms in total. The summed E-state index contributed by atoms with van der Waals surface area (Å²) in [6, 6.07) is 0.0218. The van der Waals surface area contributed by atoms with Crippen molar-refractivity contribution < 1.29 is 14.9 Å². The van der Waals surface area contributed by atoms with Gasteiger partial charge in [-0.15, -0.1) is 11.6 Å². The summed E-state index contributed by atoms with van der Waals surface area (Å²) in [7, 11) is 2.11. The summed E-state index contributed by atoms with van der Waals surface area (Å²) in [6.45, 7) is 6.07. The van der Waals surface area contributed by atoms with Crippen LogP contribution in [0.4, 0.5) is 0 Å². The zero-order chi connectivity index (χ0) is 27.4. The molecule has 39 heavy (non-hydrogen) atoms. The van der Waals surface area contributed by atoms with Gasteiger partial charge >= 0.3 is 0 Å². The number of ether oxygens (including phenoxy) is 1. The Morgan fingerprint density at radius 2 is 1.67 bits per heavy atom. The second kappa shape index (κ2) is 14.4. The fraction of sp³-hybridized carbons (Fsp3) is 1.00. The Morgan fingerprint density at radius 3 is 2.44 bits per heavy atom. The summed E-state index contributed by atoms with van der Waals surface area (Å²) in [5.41, 5.74) is 6.21. The normalized spacial score (nSPS) is 40.5. The molecule has 5 rings (SSSR count). The van der Waals surface area contributed by atoms with Gasteiger partial charge in [-0.1, -0.05) is 19.3 Å². The van der Waals surface area contributed by atoms with E-state index in [-0.39, 0.29) is 18.4 Å². The maximum atomic E-state index is 10.9. The zero-order valence-corrected chi connectivity index (χ0v) is 24.6. The fourth-order valence-corrected chi connectivity index (χ4v) is 7.77. The van der Waals surface area contributed by atoms with Crippen LogP contribution < -0.4 is 21.7 Å². The first-order valence-electron chi connectivity index (χ1n) is 15.7. The lowest BCUT2D eigenvalue weighted by Gasteiger charge is -2.38. The molecule has 0 spiro atoms. The summed E-state index contributed by atoms with van der Waals surface area (Å²) >= 11 is 6.35. The Labute approximate surface area is 240 Å². The van der Waals surface area contributed by atoms with Gasteiger partial charge in [-0.3, -0.25) is 16.0 Å². The molecule has 3 aliphatic heterocycles. The van der Waals surface area contributed by atoms with Gasteiger partial charge in [0.1, 0.15) is 24.5 Å². The molecule has 0 aromatic rings. The van der Waals surface area contributed by atoms with Gasteiger partial charge in [0, 0.05) is 38.2 Å². The van der Waals surface area contributed by atoms with Crippen molar-refractivity contribution in [3.8, 4) is 0 Å². The molecule has 3 unspecified atom stereocenters. The number of hydrogen-bond acceptors (Lipinski definition) is 10. The van der Waals surface area contributed by atoms with Crippen molar-refractivity contribution in [2.45, 2.75) is 112 Å². The highest BCUT2D eigenvalue weighted by atomic mass is 35.5. The Balaban J connectivity index is 1.10. The molecule has 0 aromatic heterocycles. The Bertz CT molecular complexity index is 742. The highest BCUT2D eigenvalue weighted by Gasteiger charge is 2.51. The number of rotatable bonds is 11. The number of aliphatic hydroxyl groups is 2. The van der Waals surface area contributed by atoms with Gasteiger partial charge in [-0.05, 0) is 70.4 Å². The lowest BCUT2D eigenvalue weighted by atomic mass is 9.86. The van der Waals surface area contributed by atoms with E-state index < -0.39 is 24.5 Å². The molecule has 5 fully saturated rings. The fourth-order valence-electron chi connectivity index (χ4n) is 7.52. The van der Waals surface area contributed by atoms with E-state index in [0.717, 1.165) is 24.9 Å². The quantitative estimate of drug-likeness (QED) is 0.195.